The Kier molecular flexibility index (Phi) is 8.23. The maximum Gasteiger partial charge on any atom is 0.152 e. The highest BCUT2D eigenvalue weighted by molar-refractivity contribution is 6.69. The van der Waals surface area contributed by atoms with Crippen molar-refractivity contribution in [3.8, 4) is 0 Å². The van der Waals surface area contributed by atoms with Gasteiger partial charge in [0.2, 0.25) is 0 Å². The molecule has 0 atom stereocenters. The fourth-order valence-corrected chi connectivity index (χ4v) is 3.37. The Bertz CT molecular complexity index is 1020. The predicted molar refractivity (Wildman–Crippen MR) is 130 cm³/mol. The molecule has 1 aliphatic rings. The van der Waals surface area contributed by atoms with E-state index < -0.39 is 0 Å². The van der Waals surface area contributed by atoms with Crippen molar-refractivity contribution < 1.29 is 14.5 Å². The number of hydrogen-bond acceptors (Lipinski definition) is 6. The molecular formula is C27H27N3O3. The molecule has 3 aromatic carbocycles. The summed E-state index contributed by atoms with van der Waals surface area (Å²) in [7, 11) is 0. The predicted octanol–water partition coefficient (Wildman–Crippen LogP) is 5.89. The highest BCUT2D eigenvalue weighted by Crippen LogP contribution is 2.15. The van der Waals surface area contributed by atoms with Crippen LogP contribution in [0.2, 0.25) is 0 Å². The summed E-state index contributed by atoms with van der Waals surface area (Å²) in [6.45, 7) is 1.14. The lowest BCUT2D eigenvalue weighted by Crippen LogP contribution is -2.30. The van der Waals surface area contributed by atoms with Gasteiger partial charge in [-0.05, 0) is 36.0 Å². The van der Waals surface area contributed by atoms with Crippen LogP contribution in [0.1, 0.15) is 36.0 Å². The molecule has 0 unspecified atom stereocenters. The van der Waals surface area contributed by atoms with Gasteiger partial charge in [-0.15, -0.1) is 0 Å². The van der Waals surface area contributed by atoms with E-state index in [-0.39, 0.29) is 0 Å². The van der Waals surface area contributed by atoms with Gasteiger partial charge in [0, 0.05) is 0 Å². The molecule has 0 bridgehead atoms. The molecule has 0 N–H and O–H groups in total. The minimum atomic E-state index is 0.362. The summed E-state index contributed by atoms with van der Waals surface area (Å²) < 4.78 is 0. The van der Waals surface area contributed by atoms with E-state index in [2.05, 4.69) is 15.5 Å². The summed E-state index contributed by atoms with van der Waals surface area (Å²) in [6, 6.07) is 29.8. The van der Waals surface area contributed by atoms with Crippen molar-refractivity contribution >= 4 is 17.1 Å². The molecule has 0 spiro atoms. The largest absolute Gasteiger partial charge is 0.391 e. The molecule has 33 heavy (non-hydrogen) atoms. The van der Waals surface area contributed by atoms with Crippen molar-refractivity contribution in [2.24, 2.45) is 15.5 Å². The Hall–Kier alpha value is -3.93. The Labute approximate surface area is 194 Å². The lowest BCUT2D eigenvalue weighted by molar-refractivity contribution is 0.125. The van der Waals surface area contributed by atoms with E-state index >= 15 is 0 Å². The molecule has 4 rings (SSSR count). The van der Waals surface area contributed by atoms with Crippen molar-refractivity contribution in [1.29, 1.82) is 0 Å². The highest BCUT2D eigenvalue weighted by Gasteiger charge is 2.24. The zero-order valence-corrected chi connectivity index (χ0v) is 18.5. The van der Waals surface area contributed by atoms with E-state index in [1.807, 2.05) is 91.0 Å². The van der Waals surface area contributed by atoms with Crippen LogP contribution in [0, 0.1) is 0 Å². The quantitative estimate of drug-likeness (QED) is 0.389. The third kappa shape index (κ3) is 7.04. The van der Waals surface area contributed by atoms with Gasteiger partial charge in [0.1, 0.15) is 31.2 Å². The average molecular weight is 442 g/mol. The Morgan fingerprint density at radius 2 is 0.848 bits per heavy atom. The topological polar surface area (TPSA) is 64.8 Å². The maximum absolute atomic E-state index is 5.66. The lowest BCUT2D eigenvalue weighted by Gasteiger charge is -2.17. The van der Waals surface area contributed by atoms with Gasteiger partial charge in [0.15, 0.2) is 5.71 Å². The van der Waals surface area contributed by atoms with Crippen molar-refractivity contribution in [2.75, 3.05) is 0 Å². The standard InChI is InChI=1S/C27H27N3O3/c1-4-11-22(12-5-1)19-31-28-25-17-10-18-26(29-32-20-23-13-6-2-7-14-23)27(25)30-33-21-24-15-8-3-9-16-24/h1-9,11-16H,10,17-21H2/b28-25-,29-26+,30-27?. The third-order valence-electron chi connectivity index (χ3n) is 5.10. The summed E-state index contributed by atoms with van der Waals surface area (Å²) in [5, 5.41) is 13.1. The normalized spacial score (nSPS) is 17.3. The second-order valence-corrected chi connectivity index (χ2v) is 7.65. The summed E-state index contributed by atoms with van der Waals surface area (Å²) in [5.74, 6) is 0. The Morgan fingerprint density at radius 1 is 0.485 bits per heavy atom. The molecule has 1 fully saturated rings. The number of benzene rings is 3. The van der Waals surface area contributed by atoms with Crippen LogP contribution in [0.4, 0.5) is 0 Å². The van der Waals surface area contributed by atoms with Crippen LogP contribution < -0.4 is 0 Å². The molecule has 1 saturated carbocycles. The average Bonchev–Trinajstić information content (AvgIpc) is 2.87. The van der Waals surface area contributed by atoms with Crippen molar-refractivity contribution in [3.63, 3.8) is 0 Å². The molecule has 0 heterocycles. The molecule has 0 radical (unpaired) electrons. The summed E-state index contributed by atoms with van der Waals surface area (Å²) in [4.78, 5) is 16.9. The fourth-order valence-electron chi connectivity index (χ4n) is 3.37. The van der Waals surface area contributed by atoms with E-state index in [0.29, 0.717) is 37.0 Å². The Balaban J connectivity index is 1.47. The molecule has 0 saturated heterocycles. The molecule has 168 valence electrons. The van der Waals surface area contributed by atoms with Crippen molar-refractivity contribution in [1.82, 2.24) is 0 Å². The number of oxime groups is 3. The second kappa shape index (κ2) is 12.2. The minimum absolute atomic E-state index is 0.362. The summed E-state index contributed by atoms with van der Waals surface area (Å²) in [6.07, 6.45) is 2.36. The monoisotopic (exact) mass is 441 g/mol. The number of rotatable bonds is 9. The van der Waals surface area contributed by atoms with Crippen molar-refractivity contribution in [2.45, 2.75) is 39.1 Å². The molecule has 6 heteroatoms. The van der Waals surface area contributed by atoms with E-state index in [0.717, 1.165) is 36.0 Å². The molecule has 3 aromatic rings. The van der Waals surface area contributed by atoms with Crippen LogP contribution in [0.5, 0.6) is 0 Å². The van der Waals surface area contributed by atoms with Crippen molar-refractivity contribution in [3.05, 3.63) is 108 Å². The van der Waals surface area contributed by atoms with Gasteiger partial charge in [-0.25, -0.2) is 0 Å². The zero-order chi connectivity index (χ0) is 22.6. The van der Waals surface area contributed by atoms with Crippen LogP contribution in [0.15, 0.2) is 106 Å². The molecule has 6 nitrogen and oxygen atoms in total. The Morgan fingerprint density at radius 3 is 1.24 bits per heavy atom. The van der Waals surface area contributed by atoms with E-state index in [4.69, 9.17) is 14.5 Å². The van der Waals surface area contributed by atoms with E-state index in [1.54, 1.807) is 0 Å². The fraction of sp³-hybridized carbons (Fsp3) is 0.222. The van der Waals surface area contributed by atoms with Crippen LogP contribution in [0.25, 0.3) is 0 Å². The van der Waals surface area contributed by atoms with Gasteiger partial charge >= 0.3 is 0 Å². The second-order valence-electron chi connectivity index (χ2n) is 7.65. The van der Waals surface area contributed by atoms with Crippen LogP contribution >= 0.6 is 0 Å². The molecule has 0 aromatic heterocycles. The minimum Gasteiger partial charge on any atom is -0.391 e. The van der Waals surface area contributed by atoms with Gasteiger partial charge in [0.05, 0.1) is 0 Å². The maximum atomic E-state index is 5.66. The van der Waals surface area contributed by atoms with Crippen LogP contribution in [-0.2, 0) is 34.3 Å². The molecule has 1 aliphatic carbocycles. The highest BCUT2D eigenvalue weighted by atomic mass is 16.6. The van der Waals surface area contributed by atoms with Gasteiger partial charge in [-0.1, -0.05) is 106 Å². The molecule has 0 aliphatic heterocycles. The first-order chi connectivity index (χ1) is 16.4. The molecule has 0 amide bonds. The van der Waals surface area contributed by atoms with E-state index in [9.17, 15) is 0 Å². The van der Waals surface area contributed by atoms with E-state index in [1.165, 1.54) is 0 Å². The first kappa shape index (κ1) is 22.3. The van der Waals surface area contributed by atoms with Gasteiger partial charge in [-0.3, -0.25) is 0 Å². The number of hydrogen-bond donors (Lipinski definition) is 0. The SMILES string of the molecule is c1ccc(CON=C2/C(=N\OCc3ccccc3)CCC/C2=N\OCc2ccccc2)cc1. The first-order valence-electron chi connectivity index (χ1n) is 11.1. The number of nitrogens with zero attached hydrogens (tertiary/aromatic N) is 3. The molecular weight excluding hydrogens is 414 g/mol. The van der Waals surface area contributed by atoms with Gasteiger partial charge in [-0.2, -0.15) is 0 Å². The first-order valence-corrected chi connectivity index (χ1v) is 11.1. The van der Waals surface area contributed by atoms with Gasteiger partial charge in [0.25, 0.3) is 0 Å². The third-order valence-corrected chi connectivity index (χ3v) is 5.10. The summed E-state index contributed by atoms with van der Waals surface area (Å²) in [5.41, 5.74) is 5.15. The van der Waals surface area contributed by atoms with Crippen LogP contribution in [-0.4, -0.2) is 17.1 Å². The zero-order valence-electron chi connectivity index (χ0n) is 18.5. The van der Waals surface area contributed by atoms with Gasteiger partial charge < -0.3 is 14.5 Å². The van der Waals surface area contributed by atoms with Crippen LogP contribution in [0.3, 0.4) is 0 Å². The summed E-state index contributed by atoms with van der Waals surface area (Å²) >= 11 is 0. The smallest absolute Gasteiger partial charge is 0.152 e. The lowest BCUT2D eigenvalue weighted by atomic mass is 9.94.